The van der Waals surface area contributed by atoms with Crippen molar-refractivity contribution in [3.05, 3.63) is 125 Å². The zero-order valence-corrected chi connectivity index (χ0v) is 27.4. The van der Waals surface area contributed by atoms with Gasteiger partial charge in [0.15, 0.2) is 0 Å². The van der Waals surface area contributed by atoms with Gasteiger partial charge >= 0.3 is 0 Å². The molecule has 4 aromatic carbocycles. The van der Waals surface area contributed by atoms with Crippen LogP contribution >= 0.6 is 11.6 Å². The second-order valence-electron chi connectivity index (χ2n) is 11.6. The fraction of sp³-hybridized carbons (Fsp3) is 0.257. The Kier molecular flexibility index (Phi) is 10.9. The molecule has 0 radical (unpaired) electrons. The van der Waals surface area contributed by atoms with E-state index in [9.17, 15) is 18.0 Å². The van der Waals surface area contributed by atoms with Crippen LogP contribution in [0.3, 0.4) is 0 Å². The van der Waals surface area contributed by atoms with Crippen LogP contribution in [-0.2, 0) is 32.6 Å². The second-order valence-corrected chi connectivity index (χ2v) is 13.9. The number of methoxy groups -OCH3 is 1. The molecule has 4 rings (SSSR count). The number of nitrogens with one attached hydrogen (secondary N) is 1. The van der Waals surface area contributed by atoms with Gasteiger partial charge in [0.2, 0.25) is 11.8 Å². The molecule has 0 saturated carbocycles. The summed E-state index contributed by atoms with van der Waals surface area (Å²) in [4.78, 5) is 29.9. The van der Waals surface area contributed by atoms with Crippen molar-refractivity contribution in [1.82, 2.24) is 10.2 Å². The Morgan fingerprint density at radius 3 is 2.04 bits per heavy atom. The van der Waals surface area contributed by atoms with Gasteiger partial charge in [-0.2, -0.15) is 0 Å². The van der Waals surface area contributed by atoms with Crippen molar-refractivity contribution in [3.8, 4) is 5.75 Å². The quantitative estimate of drug-likeness (QED) is 0.201. The maximum atomic E-state index is 14.5. The van der Waals surface area contributed by atoms with E-state index in [0.717, 1.165) is 9.87 Å². The van der Waals surface area contributed by atoms with Crippen LogP contribution in [-0.4, -0.2) is 50.4 Å². The summed E-state index contributed by atoms with van der Waals surface area (Å²) in [6, 6.07) is 29.8. The maximum absolute atomic E-state index is 14.5. The Hall–Kier alpha value is -4.34. The molecule has 8 nitrogen and oxygen atoms in total. The van der Waals surface area contributed by atoms with Gasteiger partial charge in [0, 0.05) is 23.5 Å². The third-order valence-corrected chi connectivity index (χ3v) is 9.02. The first kappa shape index (κ1) is 33.6. The van der Waals surface area contributed by atoms with E-state index in [1.165, 1.54) is 17.0 Å². The van der Waals surface area contributed by atoms with Gasteiger partial charge in [-0.25, -0.2) is 8.42 Å². The molecule has 0 fully saturated rings. The number of benzene rings is 4. The molecule has 0 aliphatic heterocycles. The number of hydrogen-bond donors (Lipinski definition) is 1. The number of rotatable bonds is 12. The Morgan fingerprint density at radius 2 is 1.44 bits per heavy atom. The molecule has 0 aromatic heterocycles. The molecule has 4 aromatic rings. The molecule has 45 heavy (non-hydrogen) atoms. The number of amides is 2. The minimum absolute atomic E-state index is 0.0263. The average Bonchev–Trinajstić information content (AvgIpc) is 3.02. The van der Waals surface area contributed by atoms with E-state index >= 15 is 0 Å². The van der Waals surface area contributed by atoms with Crippen molar-refractivity contribution >= 4 is 39.1 Å². The second kappa shape index (κ2) is 14.6. The summed E-state index contributed by atoms with van der Waals surface area (Å²) in [6.07, 6.45) is 0.213. The van der Waals surface area contributed by atoms with Gasteiger partial charge in [0.25, 0.3) is 10.0 Å². The molecule has 0 unspecified atom stereocenters. The van der Waals surface area contributed by atoms with E-state index in [1.54, 1.807) is 67.8 Å². The molecule has 1 atom stereocenters. The van der Waals surface area contributed by atoms with Crippen molar-refractivity contribution < 1.29 is 22.7 Å². The van der Waals surface area contributed by atoms with Gasteiger partial charge in [-0.3, -0.25) is 13.9 Å². The fourth-order valence-electron chi connectivity index (χ4n) is 4.83. The molecule has 0 aliphatic carbocycles. The summed E-state index contributed by atoms with van der Waals surface area (Å²) in [7, 11) is -2.64. The molecular formula is C35H38ClN3O5S. The zero-order valence-electron chi connectivity index (χ0n) is 25.8. The van der Waals surface area contributed by atoms with Crippen LogP contribution in [0.2, 0.25) is 5.02 Å². The van der Waals surface area contributed by atoms with E-state index in [4.69, 9.17) is 16.3 Å². The topological polar surface area (TPSA) is 96.0 Å². The molecular weight excluding hydrogens is 610 g/mol. The van der Waals surface area contributed by atoms with E-state index in [-0.39, 0.29) is 29.5 Å². The molecule has 1 N–H and O–H groups in total. The lowest BCUT2D eigenvalue weighted by Crippen LogP contribution is -2.56. The fourth-order valence-corrected chi connectivity index (χ4v) is 6.39. The van der Waals surface area contributed by atoms with Gasteiger partial charge < -0.3 is 15.0 Å². The van der Waals surface area contributed by atoms with Gasteiger partial charge in [0.05, 0.1) is 17.7 Å². The highest BCUT2D eigenvalue weighted by atomic mass is 35.5. The summed E-state index contributed by atoms with van der Waals surface area (Å²) >= 11 is 6.13. The lowest BCUT2D eigenvalue weighted by atomic mass is 10.0. The van der Waals surface area contributed by atoms with E-state index in [2.05, 4.69) is 5.32 Å². The summed E-state index contributed by atoms with van der Waals surface area (Å²) < 4.78 is 34.5. The smallest absolute Gasteiger partial charge is 0.264 e. The molecule has 0 heterocycles. The largest absolute Gasteiger partial charge is 0.497 e. The van der Waals surface area contributed by atoms with Crippen molar-refractivity contribution in [3.63, 3.8) is 0 Å². The predicted octanol–water partition coefficient (Wildman–Crippen LogP) is 6.10. The molecule has 0 saturated heterocycles. The van der Waals surface area contributed by atoms with Crippen LogP contribution in [0.15, 0.2) is 114 Å². The van der Waals surface area contributed by atoms with Gasteiger partial charge in [-0.1, -0.05) is 72.3 Å². The molecule has 0 spiro atoms. The van der Waals surface area contributed by atoms with Crippen LogP contribution in [0.4, 0.5) is 5.69 Å². The highest BCUT2D eigenvalue weighted by molar-refractivity contribution is 7.92. The van der Waals surface area contributed by atoms with Gasteiger partial charge in [-0.05, 0) is 80.4 Å². The minimum Gasteiger partial charge on any atom is -0.497 e. The first-order valence-corrected chi connectivity index (χ1v) is 16.3. The highest BCUT2D eigenvalue weighted by Gasteiger charge is 2.35. The number of anilines is 1. The molecule has 10 heteroatoms. The van der Waals surface area contributed by atoms with Crippen molar-refractivity contribution in [2.45, 2.75) is 50.2 Å². The van der Waals surface area contributed by atoms with Crippen LogP contribution in [0.1, 0.15) is 31.9 Å². The number of nitrogens with zero attached hydrogens (tertiary/aromatic N) is 2. The van der Waals surface area contributed by atoms with E-state index < -0.39 is 34.1 Å². The average molecular weight is 648 g/mol. The zero-order chi connectivity index (χ0) is 32.6. The summed E-state index contributed by atoms with van der Waals surface area (Å²) in [5, 5.41) is 3.45. The lowest BCUT2D eigenvalue weighted by Gasteiger charge is -2.35. The van der Waals surface area contributed by atoms with Crippen molar-refractivity contribution in [1.29, 1.82) is 0 Å². The highest BCUT2D eigenvalue weighted by Crippen LogP contribution is 2.27. The van der Waals surface area contributed by atoms with Crippen LogP contribution in [0.5, 0.6) is 5.75 Å². The minimum atomic E-state index is -4.19. The third kappa shape index (κ3) is 9.09. The number of carbonyl (C=O) groups excluding carboxylic acids is 2. The Labute approximate surface area is 270 Å². The first-order valence-electron chi connectivity index (χ1n) is 14.5. The van der Waals surface area contributed by atoms with Crippen molar-refractivity contribution in [2.75, 3.05) is 18.0 Å². The lowest BCUT2D eigenvalue weighted by molar-refractivity contribution is -0.140. The Balaban J connectivity index is 1.82. The standard InChI is InChI=1S/C35H38ClN3O5S/c1-35(2,3)37-34(41)32(23-26-12-7-5-8-13-26)38(24-27-14-11-15-30(22-27)44-4)33(40)25-39(29-20-18-28(36)19-21-29)45(42,43)31-16-9-6-10-17-31/h5-22,32H,23-25H2,1-4H3,(H,37,41)/t32-/m0/s1. The van der Waals surface area contributed by atoms with E-state index in [0.29, 0.717) is 16.3 Å². The normalized spacial score (nSPS) is 12.2. The number of ether oxygens (including phenoxy) is 1. The van der Waals surface area contributed by atoms with Crippen LogP contribution in [0, 0.1) is 0 Å². The molecule has 0 bridgehead atoms. The van der Waals surface area contributed by atoms with Crippen LogP contribution < -0.4 is 14.4 Å². The molecule has 2 amide bonds. The van der Waals surface area contributed by atoms with Gasteiger partial charge in [0.1, 0.15) is 18.3 Å². The summed E-state index contributed by atoms with van der Waals surface area (Å²) in [5.74, 6) is -0.322. The number of carbonyl (C=O) groups is 2. The summed E-state index contributed by atoms with van der Waals surface area (Å²) in [5.41, 5.74) is 1.24. The molecule has 0 aliphatic rings. The maximum Gasteiger partial charge on any atom is 0.264 e. The van der Waals surface area contributed by atoms with E-state index in [1.807, 2.05) is 57.2 Å². The van der Waals surface area contributed by atoms with Gasteiger partial charge in [-0.15, -0.1) is 0 Å². The monoisotopic (exact) mass is 647 g/mol. The number of halogens is 1. The predicted molar refractivity (Wildman–Crippen MR) is 178 cm³/mol. The Bertz CT molecular complexity index is 1690. The number of sulfonamides is 1. The molecule has 236 valence electrons. The summed E-state index contributed by atoms with van der Waals surface area (Å²) in [6.45, 7) is 5.08. The first-order chi connectivity index (χ1) is 21.4. The SMILES string of the molecule is COc1cccc(CN(C(=O)CN(c2ccc(Cl)cc2)S(=O)(=O)c2ccccc2)[C@@H](Cc2ccccc2)C(=O)NC(C)(C)C)c1. The third-order valence-electron chi connectivity index (χ3n) is 6.98. The van der Waals surface area contributed by atoms with Crippen molar-refractivity contribution in [2.24, 2.45) is 0 Å². The van der Waals surface area contributed by atoms with Crippen LogP contribution in [0.25, 0.3) is 0 Å². The number of hydrogen-bond acceptors (Lipinski definition) is 5. The Morgan fingerprint density at radius 1 is 0.844 bits per heavy atom.